The van der Waals surface area contributed by atoms with Crippen LogP contribution in [0.4, 0.5) is 0 Å². The van der Waals surface area contributed by atoms with Crippen LogP contribution in [0.3, 0.4) is 0 Å². The van der Waals surface area contributed by atoms with E-state index in [0.29, 0.717) is 5.78 Å². The van der Waals surface area contributed by atoms with Crippen molar-refractivity contribution in [3.05, 3.63) is 59.8 Å². The molecule has 3 rings (SSSR count). The zero-order valence-electron chi connectivity index (χ0n) is 13.1. The predicted molar refractivity (Wildman–Crippen MR) is 90.6 cm³/mol. The van der Waals surface area contributed by atoms with Crippen molar-refractivity contribution < 1.29 is 4.79 Å². The number of ketones is 1. The molecule has 2 aliphatic carbocycles. The van der Waals surface area contributed by atoms with Gasteiger partial charge in [0.2, 0.25) is 0 Å². The fourth-order valence-corrected chi connectivity index (χ4v) is 3.48. The lowest BCUT2D eigenvalue weighted by Gasteiger charge is -2.25. The SMILES string of the molecule is CNCCCCC1NC2C3=CC=CC=CC=C(C=C3)C2C1=O. The number of hydrogen-bond donors (Lipinski definition) is 2. The van der Waals surface area contributed by atoms with Crippen molar-refractivity contribution in [1.29, 1.82) is 0 Å². The van der Waals surface area contributed by atoms with Crippen molar-refractivity contribution in [3.8, 4) is 0 Å². The van der Waals surface area contributed by atoms with Gasteiger partial charge in [-0.15, -0.1) is 0 Å². The molecular weight excluding hydrogens is 272 g/mol. The largest absolute Gasteiger partial charge is 0.320 e. The van der Waals surface area contributed by atoms with Crippen molar-refractivity contribution in [2.45, 2.75) is 31.3 Å². The van der Waals surface area contributed by atoms with Gasteiger partial charge in [-0.1, -0.05) is 55.0 Å². The maximum absolute atomic E-state index is 12.8. The monoisotopic (exact) mass is 296 g/mol. The molecule has 3 nitrogen and oxygen atoms in total. The molecule has 3 heteroatoms. The van der Waals surface area contributed by atoms with Crippen LogP contribution in [0.5, 0.6) is 0 Å². The van der Waals surface area contributed by atoms with Crippen LogP contribution < -0.4 is 10.6 Å². The number of allylic oxidation sites excluding steroid dienone is 7. The molecule has 1 fully saturated rings. The van der Waals surface area contributed by atoms with Gasteiger partial charge in [-0.05, 0) is 37.6 Å². The van der Waals surface area contributed by atoms with Crippen molar-refractivity contribution >= 4 is 5.78 Å². The Bertz CT molecular complexity index is 580. The Hall–Kier alpha value is -1.71. The van der Waals surface area contributed by atoms with Gasteiger partial charge < -0.3 is 5.32 Å². The van der Waals surface area contributed by atoms with Crippen molar-refractivity contribution in [2.24, 2.45) is 5.92 Å². The highest BCUT2D eigenvalue weighted by molar-refractivity contribution is 5.93. The molecule has 0 aromatic rings. The number of unbranched alkanes of at least 4 members (excludes halogenated alkanes) is 1. The summed E-state index contributed by atoms with van der Waals surface area (Å²) in [5.74, 6) is 0.329. The zero-order chi connectivity index (χ0) is 15.4. The second kappa shape index (κ2) is 7.03. The third-order valence-corrected chi connectivity index (χ3v) is 4.63. The lowest BCUT2D eigenvalue weighted by Crippen LogP contribution is -2.34. The Labute approximate surface area is 132 Å². The summed E-state index contributed by atoms with van der Waals surface area (Å²) in [6, 6.07) is 0.126. The lowest BCUT2D eigenvalue weighted by atomic mass is 9.80. The molecule has 22 heavy (non-hydrogen) atoms. The van der Waals surface area contributed by atoms with E-state index in [1.165, 1.54) is 5.57 Å². The van der Waals surface area contributed by atoms with Crippen LogP contribution in [0.2, 0.25) is 0 Å². The molecule has 1 aliphatic heterocycles. The molecular formula is C19H24N2O. The summed E-state index contributed by atoms with van der Waals surface area (Å²) < 4.78 is 0. The summed E-state index contributed by atoms with van der Waals surface area (Å²) in [7, 11) is 1.97. The maximum Gasteiger partial charge on any atom is 0.159 e. The summed E-state index contributed by atoms with van der Waals surface area (Å²) in [5.41, 5.74) is 2.34. The number of carbonyl (C=O) groups is 1. The topological polar surface area (TPSA) is 41.1 Å². The van der Waals surface area contributed by atoms with Crippen LogP contribution in [0, 0.1) is 5.92 Å². The van der Waals surface area contributed by atoms with E-state index in [0.717, 1.165) is 31.4 Å². The third-order valence-electron chi connectivity index (χ3n) is 4.63. The summed E-state index contributed by atoms with van der Waals surface area (Å²) in [4.78, 5) is 12.8. The van der Waals surface area contributed by atoms with E-state index < -0.39 is 0 Å². The highest BCUT2D eigenvalue weighted by Crippen LogP contribution is 2.35. The van der Waals surface area contributed by atoms with Gasteiger partial charge in [0.05, 0.1) is 12.0 Å². The Balaban J connectivity index is 1.78. The van der Waals surface area contributed by atoms with Gasteiger partial charge in [-0.2, -0.15) is 0 Å². The van der Waals surface area contributed by atoms with Crippen LogP contribution in [0.1, 0.15) is 19.3 Å². The highest BCUT2D eigenvalue weighted by Gasteiger charge is 2.44. The van der Waals surface area contributed by atoms with Gasteiger partial charge in [0.15, 0.2) is 5.78 Å². The molecule has 2 N–H and O–H groups in total. The van der Waals surface area contributed by atoms with Gasteiger partial charge in [-0.25, -0.2) is 0 Å². The number of Topliss-reactive ketones (excluding diaryl/α,β-unsaturated/α-hetero) is 1. The molecule has 0 saturated carbocycles. The minimum absolute atomic E-state index is 0.00716. The van der Waals surface area contributed by atoms with Crippen LogP contribution in [0.25, 0.3) is 0 Å². The standard InChI is InChI=1S/C19H24N2O/c1-20-13-7-6-10-16-19(22)17-14-8-4-2-3-5-9-15(12-11-14)18(17)21-16/h2-5,8-9,11-12,16-18,20-21H,6-7,10,13H2,1H3. The van der Waals surface area contributed by atoms with Crippen LogP contribution in [0.15, 0.2) is 59.8 Å². The van der Waals surface area contributed by atoms with Gasteiger partial charge in [0.1, 0.15) is 0 Å². The van der Waals surface area contributed by atoms with E-state index in [2.05, 4.69) is 34.9 Å². The molecule has 0 spiro atoms. The Morgan fingerprint density at radius 2 is 1.77 bits per heavy atom. The predicted octanol–water partition coefficient (Wildman–Crippen LogP) is 2.45. The first-order valence-corrected chi connectivity index (χ1v) is 8.19. The van der Waals surface area contributed by atoms with E-state index in [9.17, 15) is 4.79 Å². The minimum Gasteiger partial charge on any atom is -0.320 e. The fraction of sp³-hybridized carbons (Fsp3) is 0.421. The van der Waals surface area contributed by atoms with Crippen LogP contribution in [-0.4, -0.2) is 31.5 Å². The van der Waals surface area contributed by atoms with Crippen molar-refractivity contribution in [2.75, 3.05) is 13.6 Å². The average molecular weight is 296 g/mol. The van der Waals surface area contributed by atoms with Crippen LogP contribution in [-0.2, 0) is 4.79 Å². The minimum atomic E-state index is -0.0262. The molecule has 0 aromatic heterocycles. The van der Waals surface area contributed by atoms with E-state index in [1.54, 1.807) is 0 Å². The number of nitrogens with one attached hydrogen (secondary N) is 2. The van der Waals surface area contributed by atoms with Crippen molar-refractivity contribution in [3.63, 3.8) is 0 Å². The maximum atomic E-state index is 12.8. The smallest absolute Gasteiger partial charge is 0.159 e. The lowest BCUT2D eigenvalue weighted by molar-refractivity contribution is -0.121. The fourth-order valence-electron chi connectivity index (χ4n) is 3.48. The van der Waals surface area contributed by atoms with Crippen LogP contribution >= 0.6 is 0 Å². The number of rotatable bonds is 5. The average Bonchev–Trinajstić information content (AvgIpc) is 2.88. The molecule has 1 saturated heterocycles. The number of carbonyl (C=O) groups excluding carboxylic acids is 1. The summed E-state index contributed by atoms with van der Waals surface area (Å²) in [6.07, 6.45) is 19.7. The summed E-state index contributed by atoms with van der Waals surface area (Å²) >= 11 is 0. The second-order valence-corrected chi connectivity index (χ2v) is 6.11. The zero-order valence-corrected chi connectivity index (χ0v) is 13.1. The Morgan fingerprint density at radius 1 is 1.05 bits per heavy atom. The molecule has 0 radical (unpaired) electrons. The Morgan fingerprint density at radius 3 is 2.55 bits per heavy atom. The molecule has 1 heterocycles. The summed E-state index contributed by atoms with van der Waals surface area (Å²) in [6.45, 7) is 1.02. The van der Waals surface area contributed by atoms with Gasteiger partial charge >= 0.3 is 0 Å². The number of hydrogen-bond acceptors (Lipinski definition) is 3. The first-order valence-electron chi connectivity index (χ1n) is 8.19. The molecule has 3 aliphatic rings. The van der Waals surface area contributed by atoms with E-state index in [-0.39, 0.29) is 18.0 Å². The first kappa shape index (κ1) is 15.2. The molecule has 2 bridgehead atoms. The highest BCUT2D eigenvalue weighted by atomic mass is 16.1. The van der Waals surface area contributed by atoms with Gasteiger partial charge in [0.25, 0.3) is 0 Å². The quantitative estimate of drug-likeness (QED) is 0.766. The third kappa shape index (κ3) is 3.06. The molecule has 0 aromatic carbocycles. The molecule has 0 amide bonds. The van der Waals surface area contributed by atoms with Gasteiger partial charge in [0, 0.05) is 6.04 Å². The first-order chi connectivity index (χ1) is 10.8. The molecule has 116 valence electrons. The molecule has 3 atom stereocenters. The normalized spacial score (nSPS) is 29.5. The Kier molecular flexibility index (Phi) is 4.86. The van der Waals surface area contributed by atoms with E-state index in [4.69, 9.17) is 0 Å². The molecule has 3 unspecified atom stereocenters. The van der Waals surface area contributed by atoms with Gasteiger partial charge in [-0.3, -0.25) is 10.1 Å². The second-order valence-electron chi connectivity index (χ2n) is 6.11. The van der Waals surface area contributed by atoms with E-state index >= 15 is 0 Å². The summed E-state index contributed by atoms with van der Waals surface area (Å²) in [5, 5.41) is 6.74. The van der Waals surface area contributed by atoms with Crippen molar-refractivity contribution in [1.82, 2.24) is 10.6 Å². The van der Waals surface area contributed by atoms with E-state index in [1.807, 2.05) is 31.4 Å².